The van der Waals surface area contributed by atoms with Gasteiger partial charge in [-0.25, -0.2) is 4.98 Å². The van der Waals surface area contributed by atoms with Crippen LogP contribution in [-0.4, -0.2) is 45.0 Å². The molecule has 1 aliphatic rings. The van der Waals surface area contributed by atoms with Gasteiger partial charge in [-0.15, -0.1) is 5.10 Å². The largest absolute Gasteiger partial charge is 0.404 e. The van der Waals surface area contributed by atoms with Crippen molar-refractivity contribution < 1.29 is 4.74 Å². The number of pyridine rings is 1. The van der Waals surface area contributed by atoms with E-state index in [1.54, 1.807) is 12.4 Å². The van der Waals surface area contributed by atoms with Gasteiger partial charge in [0.25, 0.3) is 0 Å². The highest BCUT2D eigenvalue weighted by molar-refractivity contribution is 5.59. The topological polar surface area (TPSA) is 89.2 Å². The van der Waals surface area contributed by atoms with Gasteiger partial charge in [-0.1, -0.05) is 26.5 Å². The first-order chi connectivity index (χ1) is 15.6. The molecule has 7 heteroatoms. The molecule has 0 bridgehead atoms. The number of nitrogens with zero attached hydrogens (tertiary/aromatic N) is 4. The van der Waals surface area contributed by atoms with Gasteiger partial charge in [0.1, 0.15) is 12.0 Å². The number of hydrogen-bond acceptors (Lipinski definition) is 7. The Balaban J connectivity index is 1.79. The Morgan fingerprint density at radius 2 is 2.00 bits per heavy atom. The van der Waals surface area contributed by atoms with E-state index in [-0.39, 0.29) is 11.8 Å². The molecule has 0 spiro atoms. The maximum absolute atomic E-state index is 6.11. The van der Waals surface area contributed by atoms with Gasteiger partial charge in [-0.3, -0.25) is 4.90 Å². The molecule has 0 aromatic carbocycles. The summed E-state index contributed by atoms with van der Waals surface area (Å²) in [6.07, 6.45) is 7.59. The molecule has 0 fully saturated rings. The van der Waals surface area contributed by atoms with Crippen molar-refractivity contribution in [3.63, 3.8) is 0 Å². The van der Waals surface area contributed by atoms with Crippen molar-refractivity contribution in [2.75, 3.05) is 18.4 Å². The summed E-state index contributed by atoms with van der Waals surface area (Å²) in [6.45, 7) is 18.3. The average Bonchev–Trinajstić information content (AvgIpc) is 3.23. The van der Waals surface area contributed by atoms with Crippen molar-refractivity contribution in [1.29, 1.82) is 0 Å². The summed E-state index contributed by atoms with van der Waals surface area (Å²) in [5.74, 6) is 1.70. The first-order valence-corrected chi connectivity index (χ1v) is 11.4. The number of hydrogen-bond donors (Lipinski definition) is 2. The molecule has 0 radical (unpaired) electrons. The summed E-state index contributed by atoms with van der Waals surface area (Å²) in [5, 5.41) is 13.1. The van der Waals surface area contributed by atoms with E-state index in [2.05, 4.69) is 74.6 Å². The van der Waals surface area contributed by atoms with Crippen LogP contribution in [0.25, 0.3) is 12.7 Å². The molecule has 3 rings (SSSR count). The zero-order chi connectivity index (χ0) is 24.2. The molecule has 2 aromatic rings. The minimum atomic E-state index is -0.194. The summed E-state index contributed by atoms with van der Waals surface area (Å²) in [4.78, 5) is 7.02. The van der Waals surface area contributed by atoms with E-state index in [0.717, 1.165) is 40.4 Å². The quantitative estimate of drug-likeness (QED) is 0.672. The van der Waals surface area contributed by atoms with Gasteiger partial charge in [0.05, 0.1) is 17.1 Å². The van der Waals surface area contributed by atoms with E-state index in [4.69, 9.17) is 15.5 Å². The van der Waals surface area contributed by atoms with Crippen molar-refractivity contribution in [3.8, 4) is 0 Å². The standard InChI is InChI=1S/C26H36N6O/c1-17(2)22-13-25(31-28-15-22)30-24-9-8-18(3)23(29-24)12-21(14-27)20-10-11-32(16-20)19(4)33-26(5,6)7/h8-10,12-15,17,19H,3,11,16,27H2,1-2,4-7H3,(H,29,30,31)/b21-14+,23-12+. The predicted octanol–water partition coefficient (Wildman–Crippen LogP) is 3.18. The Hall–Kier alpha value is -3.03. The molecule has 33 heavy (non-hydrogen) atoms. The van der Waals surface area contributed by atoms with Crippen LogP contribution in [0, 0.1) is 0 Å². The third-order valence-electron chi connectivity index (χ3n) is 5.44. The second-order valence-corrected chi connectivity index (χ2v) is 9.65. The Morgan fingerprint density at radius 3 is 2.67 bits per heavy atom. The van der Waals surface area contributed by atoms with Gasteiger partial charge in [0, 0.05) is 19.3 Å². The van der Waals surface area contributed by atoms with Crippen LogP contribution in [0.4, 0.5) is 11.6 Å². The molecule has 2 aromatic heterocycles. The normalized spacial score (nSPS) is 16.9. The van der Waals surface area contributed by atoms with Crippen LogP contribution in [-0.2, 0) is 4.74 Å². The molecule has 1 aliphatic heterocycles. The maximum atomic E-state index is 6.11. The first-order valence-electron chi connectivity index (χ1n) is 11.4. The number of ether oxygens (including phenoxy) is 1. The highest BCUT2D eigenvalue weighted by Gasteiger charge is 2.25. The second-order valence-electron chi connectivity index (χ2n) is 9.65. The highest BCUT2D eigenvalue weighted by Crippen LogP contribution is 2.23. The van der Waals surface area contributed by atoms with Gasteiger partial charge in [0.15, 0.2) is 5.82 Å². The maximum Gasteiger partial charge on any atom is 0.154 e. The Labute approximate surface area is 196 Å². The number of rotatable bonds is 7. The van der Waals surface area contributed by atoms with Crippen LogP contribution >= 0.6 is 0 Å². The molecule has 0 saturated heterocycles. The number of nitrogens with two attached hydrogens (primary N) is 1. The molecule has 1 unspecified atom stereocenters. The summed E-state index contributed by atoms with van der Waals surface area (Å²) >= 11 is 0. The Kier molecular flexibility index (Phi) is 7.66. The van der Waals surface area contributed by atoms with Crippen molar-refractivity contribution in [2.45, 2.75) is 59.3 Å². The monoisotopic (exact) mass is 448 g/mol. The number of nitrogens with one attached hydrogen (secondary N) is 1. The summed E-state index contributed by atoms with van der Waals surface area (Å²) < 4.78 is 6.11. The van der Waals surface area contributed by atoms with Crippen LogP contribution in [0.5, 0.6) is 0 Å². The van der Waals surface area contributed by atoms with Gasteiger partial charge in [-0.2, -0.15) is 5.10 Å². The van der Waals surface area contributed by atoms with Crippen molar-refractivity contribution in [3.05, 3.63) is 63.9 Å². The SMILES string of the molecule is C=c1ccc(Nc2cc(C(C)C)cnn2)n/c1=C/C(=C\N)C1=CCN(C(C)OC(C)(C)C)C1. The van der Waals surface area contributed by atoms with Crippen LogP contribution < -0.4 is 21.6 Å². The van der Waals surface area contributed by atoms with Gasteiger partial charge in [0.2, 0.25) is 0 Å². The van der Waals surface area contributed by atoms with Crippen LogP contribution in [0.3, 0.4) is 0 Å². The molecular formula is C26H36N6O. The van der Waals surface area contributed by atoms with E-state index in [9.17, 15) is 0 Å². The molecule has 1 atom stereocenters. The molecule has 176 valence electrons. The third kappa shape index (κ3) is 6.73. The molecule has 0 amide bonds. The smallest absolute Gasteiger partial charge is 0.154 e. The lowest BCUT2D eigenvalue weighted by Gasteiger charge is -2.31. The lowest BCUT2D eigenvalue weighted by Crippen LogP contribution is -2.38. The molecule has 3 N–H and O–H groups in total. The molecule has 3 heterocycles. The van der Waals surface area contributed by atoms with E-state index < -0.39 is 0 Å². The second kappa shape index (κ2) is 10.3. The van der Waals surface area contributed by atoms with E-state index in [0.29, 0.717) is 17.6 Å². The lowest BCUT2D eigenvalue weighted by molar-refractivity contribution is -0.115. The van der Waals surface area contributed by atoms with E-state index in [1.165, 1.54) is 0 Å². The minimum Gasteiger partial charge on any atom is -0.404 e. The van der Waals surface area contributed by atoms with Gasteiger partial charge in [-0.05, 0) is 79.8 Å². The highest BCUT2D eigenvalue weighted by atomic mass is 16.5. The van der Waals surface area contributed by atoms with Crippen LogP contribution in [0.2, 0.25) is 0 Å². The first kappa shape index (κ1) is 24.6. The molecular weight excluding hydrogens is 412 g/mol. The van der Waals surface area contributed by atoms with Crippen LogP contribution in [0.15, 0.2) is 47.8 Å². The summed E-state index contributed by atoms with van der Waals surface area (Å²) in [6, 6.07) is 5.81. The zero-order valence-corrected chi connectivity index (χ0v) is 20.6. The molecule has 0 saturated carbocycles. The van der Waals surface area contributed by atoms with E-state index >= 15 is 0 Å². The van der Waals surface area contributed by atoms with Gasteiger partial charge < -0.3 is 15.8 Å². The number of anilines is 2. The summed E-state index contributed by atoms with van der Waals surface area (Å²) in [7, 11) is 0. The molecule has 0 aliphatic carbocycles. The third-order valence-corrected chi connectivity index (χ3v) is 5.44. The number of aromatic nitrogens is 3. The van der Waals surface area contributed by atoms with E-state index in [1.807, 2.05) is 24.3 Å². The molecule has 7 nitrogen and oxygen atoms in total. The van der Waals surface area contributed by atoms with Gasteiger partial charge >= 0.3 is 0 Å². The van der Waals surface area contributed by atoms with Crippen molar-refractivity contribution >= 4 is 24.3 Å². The summed E-state index contributed by atoms with van der Waals surface area (Å²) in [5.41, 5.74) is 9.01. The van der Waals surface area contributed by atoms with Crippen LogP contribution in [0.1, 0.15) is 53.0 Å². The lowest BCUT2D eigenvalue weighted by atomic mass is 10.1. The van der Waals surface area contributed by atoms with Crippen molar-refractivity contribution in [2.24, 2.45) is 5.73 Å². The fourth-order valence-corrected chi connectivity index (χ4v) is 3.63. The Bertz CT molecular complexity index is 1150. The minimum absolute atomic E-state index is 0.00884. The zero-order valence-electron chi connectivity index (χ0n) is 20.6. The fraction of sp³-hybridized carbons (Fsp3) is 0.423. The fourth-order valence-electron chi connectivity index (χ4n) is 3.63. The van der Waals surface area contributed by atoms with Crippen molar-refractivity contribution in [1.82, 2.24) is 20.1 Å². The predicted molar refractivity (Wildman–Crippen MR) is 135 cm³/mol. The average molecular weight is 449 g/mol. The Morgan fingerprint density at radius 1 is 1.24 bits per heavy atom.